The number of hydrogen-bond acceptors (Lipinski definition) is 5. The van der Waals surface area contributed by atoms with Gasteiger partial charge in [0.1, 0.15) is 5.82 Å². The molecule has 6 nitrogen and oxygen atoms in total. The molecule has 0 aliphatic carbocycles. The van der Waals surface area contributed by atoms with E-state index in [0.29, 0.717) is 0 Å². The number of amides is 2. The molecule has 88 valence electrons. The minimum Gasteiger partial charge on any atom is -0.369 e. The van der Waals surface area contributed by atoms with Gasteiger partial charge in [0.15, 0.2) is 0 Å². The second-order valence-electron chi connectivity index (χ2n) is 2.92. The van der Waals surface area contributed by atoms with Crippen molar-refractivity contribution in [2.24, 2.45) is 0 Å². The fourth-order valence-electron chi connectivity index (χ4n) is 0.924. The Hall–Kier alpha value is -1.50. The van der Waals surface area contributed by atoms with Gasteiger partial charge in [0.2, 0.25) is 0 Å². The molecule has 0 bridgehead atoms. The Morgan fingerprint density at radius 2 is 2.44 bits per heavy atom. The molecule has 0 spiro atoms. The third kappa shape index (κ3) is 5.40. The molecule has 0 aliphatic heterocycles. The van der Waals surface area contributed by atoms with Crippen molar-refractivity contribution in [3.63, 3.8) is 0 Å². The molecule has 0 aliphatic rings. The lowest BCUT2D eigenvalue weighted by Gasteiger charge is -2.05. The molecule has 0 radical (unpaired) electrons. The van der Waals surface area contributed by atoms with Gasteiger partial charge < -0.3 is 10.6 Å². The highest BCUT2D eigenvalue weighted by Crippen LogP contribution is 2.00. The van der Waals surface area contributed by atoms with E-state index in [0.717, 1.165) is 24.5 Å². The summed E-state index contributed by atoms with van der Waals surface area (Å²) in [6, 6.07) is 3.52. The Morgan fingerprint density at radius 3 is 3.12 bits per heavy atom. The molecule has 0 saturated carbocycles. The molecule has 7 heteroatoms. The summed E-state index contributed by atoms with van der Waals surface area (Å²) in [6.07, 6.45) is 2.57. The van der Waals surface area contributed by atoms with E-state index in [4.69, 9.17) is 0 Å². The summed E-state index contributed by atoms with van der Waals surface area (Å²) in [7, 11) is 1.59. The van der Waals surface area contributed by atoms with Crippen LogP contribution in [-0.2, 0) is 0 Å². The van der Waals surface area contributed by atoms with Crippen LogP contribution >= 0.6 is 11.9 Å². The van der Waals surface area contributed by atoms with Gasteiger partial charge in [0.25, 0.3) is 0 Å². The van der Waals surface area contributed by atoms with Crippen LogP contribution in [0.2, 0.25) is 0 Å². The smallest absolute Gasteiger partial charge is 0.324 e. The molecular weight excluding hydrogens is 226 g/mol. The molecule has 0 unspecified atom stereocenters. The molecule has 1 rings (SSSR count). The molecule has 0 saturated heterocycles. The van der Waals surface area contributed by atoms with Crippen molar-refractivity contribution in [1.82, 2.24) is 20.2 Å². The highest BCUT2D eigenvalue weighted by atomic mass is 32.2. The van der Waals surface area contributed by atoms with Crippen molar-refractivity contribution < 1.29 is 4.79 Å². The van der Waals surface area contributed by atoms with Crippen LogP contribution in [0.1, 0.15) is 6.42 Å². The molecule has 1 heterocycles. The molecule has 3 N–H and O–H groups in total. The van der Waals surface area contributed by atoms with Crippen molar-refractivity contribution in [2.75, 3.05) is 24.7 Å². The largest absolute Gasteiger partial charge is 0.369 e. The van der Waals surface area contributed by atoms with E-state index in [2.05, 4.69) is 25.6 Å². The van der Waals surface area contributed by atoms with E-state index in [1.54, 1.807) is 13.2 Å². The molecule has 1 aromatic rings. The van der Waals surface area contributed by atoms with Crippen LogP contribution in [-0.4, -0.2) is 35.6 Å². The summed E-state index contributed by atoms with van der Waals surface area (Å²) in [4.78, 5) is 10.8. The van der Waals surface area contributed by atoms with Crippen LogP contribution in [0.5, 0.6) is 0 Å². The van der Waals surface area contributed by atoms with E-state index in [-0.39, 0.29) is 6.03 Å². The van der Waals surface area contributed by atoms with Crippen LogP contribution in [0.3, 0.4) is 0 Å². The van der Waals surface area contributed by atoms with Crippen molar-refractivity contribution in [3.8, 4) is 0 Å². The van der Waals surface area contributed by atoms with Gasteiger partial charge in [-0.25, -0.2) is 4.79 Å². The normalized spacial score (nSPS) is 9.56. The molecular formula is C9H15N5OS. The van der Waals surface area contributed by atoms with Crippen molar-refractivity contribution in [3.05, 3.63) is 18.3 Å². The molecule has 2 amide bonds. The lowest BCUT2D eigenvalue weighted by atomic mass is 10.4. The van der Waals surface area contributed by atoms with Crippen LogP contribution in [0, 0.1) is 0 Å². The quantitative estimate of drug-likeness (QED) is 0.508. The van der Waals surface area contributed by atoms with Gasteiger partial charge in [-0.2, -0.15) is 5.10 Å². The number of rotatable bonds is 6. The highest BCUT2D eigenvalue weighted by Gasteiger charge is 1.95. The number of carbonyl (C=O) groups excluding carboxylic acids is 1. The van der Waals surface area contributed by atoms with Gasteiger partial charge >= 0.3 is 6.03 Å². The Kier molecular flexibility index (Phi) is 6.09. The fourth-order valence-corrected chi connectivity index (χ4v) is 1.55. The van der Waals surface area contributed by atoms with Crippen LogP contribution in [0.15, 0.2) is 18.3 Å². The van der Waals surface area contributed by atoms with Gasteiger partial charge in [-0.1, -0.05) is 0 Å². The standard InChI is InChI=1S/C9H15N5OS/c1-10-9(15)14-16-7-3-5-11-8-4-2-6-12-13-8/h2,4,6H,3,5,7H2,1H3,(H,11,13)(H2,10,14,15). The van der Waals surface area contributed by atoms with Crippen molar-refractivity contribution >= 4 is 23.8 Å². The topological polar surface area (TPSA) is 78.9 Å². The Bertz CT molecular complexity index is 308. The predicted octanol–water partition coefficient (Wildman–Crippen LogP) is 0.856. The Morgan fingerprint density at radius 1 is 1.56 bits per heavy atom. The number of aromatic nitrogens is 2. The van der Waals surface area contributed by atoms with Crippen LogP contribution in [0.4, 0.5) is 10.6 Å². The number of anilines is 1. The number of carbonyl (C=O) groups is 1. The van der Waals surface area contributed by atoms with Gasteiger partial charge in [0.05, 0.1) is 0 Å². The van der Waals surface area contributed by atoms with Gasteiger partial charge in [-0.3, -0.25) is 4.72 Å². The van der Waals surface area contributed by atoms with Crippen LogP contribution < -0.4 is 15.4 Å². The van der Waals surface area contributed by atoms with E-state index in [1.807, 2.05) is 12.1 Å². The monoisotopic (exact) mass is 241 g/mol. The highest BCUT2D eigenvalue weighted by molar-refractivity contribution is 7.97. The number of hydrogen-bond donors (Lipinski definition) is 3. The predicted molar refractivity (Wildman–Crippen MR) is 65.2 cm³/mol. The molecule has 0 aromatic carbocycles. The third-order valence-electron chi connectivity index (χ3n) is 1.69. The van der Waals surface area contributed by atoms with E-state index in [9.17, 15) is 4.79 Å². The van der Waals surface area contributed by atoms with Gasteiger partial charge in [-0.05, 0) is 30.5 Å². The second kappa shape index (κ2) is 7.75. The van der Waals surface area contributed by atoms with E-state index >= 15 is 0 Å². The average Bonchev–Trinajstić information content (AvgIpc) is 2.34. The molecule has 0 fully saturated rings. The summed E-state index contributed by atoms with van der Waals surface area (Å²) >= 11 is 1.38. The minimum atomic E-state index is -0.174. The maximum atomic E-state index is 10.8. The van der Waals surface area contributed by atoms with E-state index < -0.39 is 0 Å². The molecule has 0 atom stereocenters. The van der Waals surface area contributed by atoms with E-state index in [1.165, 1.54) is 11.9 Å². The van der Waals surface area contributed by atoms with Gasteiger partial charge in [-0.15, -0.1) is 5.10 Å². The summed E-state index contributed by atoms with van der Waals surface area (Å²) in [5.74, 6) is 1.62. The van der Waals surface area contributed by atoms with Gasteiger partial charge in [0, 0.05) is 25.5 Å². The first kappa shape index (κ1) is 12.6. The maximum absolute atomic E-state index is 10.8. The fraction of sp³-hybridized carbons (Fsp3) is 0.444. The average molecular weight is 241 g/mol. The minimum absolute atomic E-state index is 0.174. The third-order valence-corrected chi connectivity index (χ3v) is 2.52. The first-order valence-electron chi connectivity index (χ1n) is 4.94. The summed E-state index contributed by atoms with van der Waals surface area (Å²) in [6.45, 7) is 0.807. The zero-order chi connectivity index (χ0) is 11.6. The maximum Gasteiger partial charge on any atom is 0.324 e. The zero-order valence-corrected chi connectivity index (χ0v) is 9.88. The summed E-state index contributed by atoms with van der Waals surface area (Å²) < 4.78 is 2.64. The molecule has 1 aromatic heterocycles. The lowest BCUT2D eigenvalue weighted by molar-refractivity contribution is 0.248. The SMILES string of the molecule is CNC(=O)NSCCCNc1cccnn1. The molecule has 16 heavy (non-hydrogen) atoms. The first-order chi connectivity index (χ1) is 7.83. The van der Waals surface area contributed by atoms with Crippen LogP contribution in [0.25, 0.3) is 0 Å². The van der Waals surface area contributed by atoms with Crippen molar-refractivity contribution in [2.45, 2.75) is 6.42 Å². The zero-order valence-electron chi connectivity index (χ0n) is 9.06. The summed E-state index contributed by atoms with van der Waals surface area (Å²) in [5, 5.41) is 13.2. The Balaban J connectivity index is 1.98. The second-order valence-corrected chi connectivity index (χ2v) is 3.82. The van der Waals surface area contributed by atoms with Crippen molar-refractivity contribution in [1.29, 1.82) is 0 Å². The number of nitrogens with zero attached hydrogens (tertiary/aromatic N) is 2. The lowest BCUT2D eigenvalue weighted by Crippen LogP contribution is -2.27. The first-order valence-corrected chi connectivity index (χ1v) is 5.92. The number of nitrogens with one attached hydrogen (secondary N) is 3. The number of urea groups is 1. The Labute approximate surface area is 98.7 Å². The summed E-state index contributed by atoms with van der Waals surface area (Å²) in [5.41, 5.74) is 0.